The maximum Gasteiger partial charge on any atom is 0.405 e. The van der Waals surface area contributed by atoms with Gasteiger partial charge >= 0.3 is 6.09 Å². The maximum atomic E-state index is 13.1. The van der Waals surface area contributed by atoms with Gasteiger partial charge in [-0.2, -0.15) is 5.21 Å². The Morgan fingerprint density at radius 3 is 2.76 bits per heavy atom. The summed E-state index contributed by atoms with van der Waals surface area (Å²) in [5.74, 6) is -1.29. The fraction of sp³-hybridized carbons (Fsp3) is 0.474. The van der Waals surface area contributed by atoms with E-state index in [1.807, 2.05) is 6.92 Å². The summed E-state index contributed by atoms with van der Waals surface area (Å²) in [5.41, 5.74) is 0.710. The molecule has 0 bridgehead atoms. The van der Waals surface area contributed by atoms with Crippen molar-refractivity contribution in [1.29, 1.82) is 0 Å². The molecule has 1 unspecified atom stereocenters. The molecule has 1 aliphatic heterocycles. The number of carbonyl (C=O) groups is 4. The first-order chi connectivity index (χ1) is 15.8. The summed E-state index contributed by atoms with van der Waals surface area (Å²) in [6, 6.07) is 1.58. The van der Waals surface area contributed by atoms with Crippen LogP contribution in [0.3, 0.4) is 0 Å². The van der Waals surface area contributed by atoms with Gasteiger partial charge in [0.05, 0.1) is 13.1 Å². The zero-order chi connectivity index (χ0) is 24.0. The second-order valence-electron chi connectivity index (χ2n) is 7.55. The van der Waals surface area contributed by atoms with Gasteiger partial charge in [0.15, 0.2) is 5.82 Å². The highest BCUT2D eigenvalue weighted by Gasteiger charge is 2.39. The molecule has 14 nitrogen and oxygen atoms in total. The third-order valence-electron chi connectivity index (χ3n) is 5.39. The van der Waals surface area contributed by atoms with Gasteiger partial charge in [-0.25, -0.2) is 9.78 Å². The summed E-state index contributed by atoms with van der Waals surface area (Å²) >= 11 is 0. The summed E-state index contributed by atoms with van der Waals surface area (Å²) < 4.78 is 0. The van der Waals surface area contributed by atoms with E-state index in [9.17, 15) is 19.2 Å². The average molecular weight is 459 g/mol. The van der Waals surface area contributed by atoms with Crippen molar-refractivity contribution in [1.82, 2.24) is 41.6 Å². The number of tetrazole rings is 1. The van der Waals surface area contributed by atoms with Crippen molar-refractivity contribution in [3.05, 3.63) is 29.7 Å². The van der Waals surface area contributed by atoms with Gasteiger partial charge in [0, 0.05) is 12.6 Å². The van der Waals surface area contributed by atoms with Gasteiger partial charge in [-0.15, -0.1) is 10.2 Å². The van der Waals surface area contributed by atoms with Crippen LogP contribution in [0.2, 0.25) is 0 Å². The smallest absolute Gasteiger partial charge is 0.405 e. The van der Waals surface area contributed by atoms with E-state index in [4.69, 9.17) is 5.11 Å². The van der Waals surface area contributed by atoms with Crippen molar-refractivity contribution in [2.45, 2.75) is 45.3 Å². The van der Waals surface area contributed by atoms with Crippen LogP contribution in [0, 0.1) is 5.92 Å². The molecule has 3 rings (SSSR count). The lowest BCUT2D eigenvalue weighted by molar-refractivity contribution is -0.128. The van der Waals surface area contributed by atoms with Crippen LogP contribution in [0.1, 0.15) is 31.7 Å². The Hall–Kier alpha value is -4.10. The Morgan fingerprint density at radius 1 is 1.30 bits per heavy atom. The zero-order valence-electron chi connectivity index (χ0n) is 18.1. The van der Waals surface area contributed by atoms with Crippen molar-refractivity contribution in [3.63, 3.8) is 0 Å². The SMILES string of the molecule is CC[C@H](C)[C@H](NC(=O)O)C(=O)NCC(=O)N1c2ncccc2CC1C(=O)NCc1nn[nH]n1. The van der Waals surface area contributed by atoms with Crippen molar-refractivity contribution in [2.75, 3.05) is 11.4 Å². The highest BCUT2D eigenvalue weighted by molar-refractivity contribution is 6.04. The zero-order valence-corrected chi connectivity index (χ0v) is 18.1. The van der Waals surface area contributed by atoms with E-state index in [0.29, 0.717) is 17.8 Å². The van der Waals surface area contributed by atoms with Gasteiger partial charge in [0.2, 0.25) is 17.7 Å². The van der Waals surface area contributed by atoms with Crippen LogP contribution in [0.15, 0.2) is 18.3 Å². The average Bonchev–Trinajstić information content (AvgIpc) is 3.46. The van der Waals surface area contributed by atoms with Crippen molar-refractivity contribution in [3.8, 4) is 0 Å². The van der Waals surface area contributed by atoms with Crippen molar-refractivity contribution < 1.29 is 24.3 Å². The molecule has 3 heterocycles. The minimum atomic E-state index is -1.34. The molecule has 14 heteroatoms. The monoisotopic (exact) mass is 459 g/mol. The van der Waals surface area contributed by atoms with Crippen molar-refractivity contribution >= 4 is 29.6 Å². The lowest BCUT2D eigenvalue weighted by Gasteiger charge is -2.25. The molecule has 0 saturated carbocycles. The third kappa shape index (κ3) is 5.58. The number of hydrogen-bond donors (Lipinski definition) is 5. The Balaban J connectivity index is 1.70. The van der Waals surface area contributed by atoms with E-state index in [1.54, 1.807) is 19.1 Å². The van der Waals surface area contributed by atoms with Crippen LogP contribution in [-0.4, -0.2) is 73.2 Å². The maximum absolute atomic E-state index is 13.1. The second-order valence-corrected chi connectivity index (χ2v) is 7.55. The predicted octanol–water partition coefficient (Wildman–Crippen LogP) is -1.03. The largest absolute Gasteiger partial charge is 0.465 e. The Labute approximate surface area is 188 Å². The molecule has 0 aliphatic carbocycles. The Bertz CT molecular complexity index is 1010. The number of pyridine rings is 1. The number of H-pyrrole nitrogens is 1. The van der Waals surface area contributed by atoms with Crippen LogP contribution in [0.25, 0.3) is 0 Å². The number of carbonyl (C=O) groups excluding carboxylic acids is 3. The quantitative estimate of drug-likeness (QED) is 0.311. The molecule has 1 aliphatic rings. The molecule has 2 aromatic rings. The topological polar surface area (TPSA) is 195 Å². The van der Waals surface area contributed by atoms with E-state index in [-0.39, 0.29) is 24.7 Å². The molecule has 5 N–H and O–H groups in total. The second kappa shape index (κ2) is 10.5. The molecule has 0 saturated heterocycles. The lowest BCUT2D eigenvalue weighted by atomic mass is 9.98. The van der Waals surface area contributed by atoms with E-state index in [1.165, 1.54) is 11.1 Å². The van der Waals surface area contributed by atoms with Gasteiger partial charge in [-0.3, -0.25) is 19.3 Å². The van der Waals surface area contributed by atoms with Crippen LogP contribution >= 0.6 is 0 Å². The fourth-order valence-corrected chi connectivity index (χ4v) is 3.49. The molecule has 0 fully saturated rings. The van der Waals surface area contributed by atoms with E-state index in [0.717, 1.165) is 0 Å². The van der Waals surface area contributed by atoms with Crippen molar-refractivity contribution in [2.24, 2.45) is 5.92 Å². The standard InChI is InChI=1S/C19H25N9O5/c1-3-10(2)15(23-19(32)33)18(31)22-9-14(29)28-12(7-11-5-4-6-20-16(11)28)17(30)21-8-13-24-26-27-25-13/h4-6,10,12,15,23H,3,7-9H2,1-2H3,(H,21,30)(H,22,31)(H,32,33)(H,24,25,26,27)/t10-,12?,15-/m0/s1. The first-order valence-corrected chi connectivity index (χ1v) is 10.3. The predicted molar refractivity (Wildman–Crippen MR) is 113 cm³/mol. The molecule has 2 aromatic heterocycles. The van der Waals surface area contributed by atoms with E-state index in [2.05, 4.69) is 41.6 Å². The van der Waals surface area contributed by atoms with Crippen LogP contribution < -0.4 is 20.9 Å². The minimum absolute atomic E-state index is 0.0197. The normalized spacial score (nSPS) is 16.4. The molecule has 4 amide bonds. The van der Waals surface area contributed by atoms with Crippen LogP contribution in [0.5, 0.6) is 0 Å². The number of anilines is 1. The molecular weight excluding hydrogens is 434 g/mol. The summed E-state index contributed by atoms with van der Waals surface area (Å²) in [4.78, 5) is 55.0. The third-order valence-corrected chi connectivity index (χ3v) is 5.39. The number of rotatable bonds is 9. The number of fused-ring (bicyclic) bond motifs is 1. The minimum Gasteiger partial charge on any atom is -0.465 e. The number of hydrogen-bond acceptors (Lipinski definition) is 8. The van der Waals surface area contributed by atoms with Gasteiger partial charge in [0.1, 0.15) is 17.9 Å². The fourth-order valence-electron chi connectivity index (χ4n) is 3.49. The number of carboxylic acid groups (broad SMARTS) is 1. The number of nitrogens with zero attached hydrogens (tertiary/aromatic N) is 5. The molecule has 0 aromatic carbocycles. The highest BCUT2D eigenvalue weighted by atomic mass is 16.4. The molecule has 3 atom stereocenters. The van der Waals surface area contributed by atoms with Gasteiger partial charge in [-0.1, -0.05) is 31.5 Å². The summed E-state index contributed by atoms with van der Waals surface area (Å²) in [7, 11) is 0. The molecular formula is C19H25N9O5. The number of aromatic amines is 1. The number of amides is 4. The first kappa shape index (κ1) is 23.6. The molecule has 176 valence electrons. The first-order valence-electron chi connectivity index (χ1n) is 10.3. The number of aromatic nitrogens is 5. The van der Waals surface area contributed by atoms with E-state index < -0.39 is 42.4 Å². The lowest BCUT2D eigenvalue weighted by Crippen LogP contribution is -2.54. The van der Waals surface area contributed by atoms with Crippen LogP contribution in [-0.2, 0) is 27.3 Å². The summed E-state index contributed by atoms with van der Waals surface area (Å²) in [5, 5.41) is 29.6. The van der Waals surface area contributed by atoms with Gasteiger partial charge < -0.3 is 21.1 Å². The Morgan fingerprint density at radius 2 is 2.09 bits per heavy atom. The molecule has 0 radical (unpaired) electrons. The highest BCUT2D eigenvalue weighted by Crippen LogP contribution is 2.30. The van der Waals surface area contributed by atoms with Gasteiger partial charge in [0.25, 0.3) is 0 Å². The Kier molecular flexibility index (Phi) is 7.48. The summed E-state index contributed by atoms with van der Waals surface area (Å²) in [6.07, 6.45) is 0.973. The molecule has 0 spiro atoms. The van der Waals surface area contributed by atoms with Crippen LogP contribution in [0.4, 0.5) is 10.6 Å². The van der Waals surface area contributed by atoms with E-state index >= 15 is 0 Å². The molecule has 33 heavy (non-hydrogen) atoms. The van der Waals surface area contributed by atoms with Gasteiger partial charge in [-0.05, 0) is 17.5 Å². The number of nitrogens with one attached hydrogen (secondary N) is 4. The summed E-state index contributed by atoms with van der Waals surface area (Å²) in [6.45, 7) is 3.14.